The highest BCUT2D eigenvalue weighted by atomic mass is 16.2. The molecule has 1 aliphatic rings. The number of aryl methyl sites for hydroxylation is 3. The van der Waals surface area contributed by atoms with Crippen LogP contribution in [0.25, 0.3) is 33.3 Å². The van der Waals surface area contributed by atoms with Crippen LogP contribution in [0.3, 0.4) is 0 Å². The summed E-state index contributed by atoms with van der Waals surface area (Å²) >= 11 is 0. The number of anilines is 1. The molecular formula is C27H29N5O. The molecule has 33 heavy (non-hydrogen) atoms. The van der Waals surface area contributed by atoms with E-state index in [0.29, 0.717) is 0 Å². The molecule has 0 spiro atoms. The summed E-state index contributed by atoms with van der Waals surface area (Å²) < 4.78 is 0. The van der Waals surface area contributed by atoms with Crippen molar-refractivity contribution in [3.8, 4) is 22.4 Å². The van der Waals surface area contributed by atoms with E-state index in [0.717, 1.165) is 65.7 Å². The van der Waals surface area contributed by atoms with Crippen molar-refractivity contribution in [1.29, 1.82) is 0 Å². The van der Waals surface area contributed by atoms with E-state index in [1.807, 2.05) is 24.9 Å². The largest absolute Gasteiger partial charge is 0.354 e. The smallest absolute Gasteiger partial charge is 0.219 e. The topological polar surface area (TPSA) is 65.1 Å². The number of aromatic amines is 1. The van der Waals surface area contributed by atoms with Gasteiger partial charge in [-0.15, -0.1) is 0 Å². The highest BCUT2D eigenvalue weighted by Gasteiger charge is 2.19. The van der Waals surface area contributed by atoms with Crippen molar-refractivity contribution in [1.82, 2.24) is 19.9 Å². The van der Waals surface area contributed by atoms with Gasteiger partial charge < -0.3 is 14.8 Å². The van der Waals surface area contributed by atoms with Crippen molar-refractivity contribution in [2.75, 3.05) is 31.1 Å². The average molecular weight is 440 g/mol. The number of benzene rings is 1. The summed E-state index contributed by atoms with van der Waals surface area (Å²) in [7, 11) is 0. The number of piperazine rings is 1. The minimum absolute atomic E-state index is 0.144. The van der Waals surface area contributed by atoms with Gasteiger partial charge in [0.1, 0.15) is 5.82 Å². The van der Waals surface area contributed by atoms with E-state index in [1.165, 1.54) is 16.5 Å². The summed E-state index contributed by atoms with van der Waals surface area (Å²) in [4.78, 5) is 28.6. The molecular weight excluding hydrogens is 410 g/mol. The van der Waals surface area contributed by atoms with Gasteiger partial charge in [0.2, 0.25) is 5.91 Å². The number of nitrogens with one attached hydrogen (secondary N) is 1. The van der Waals surface area contributed by atoms with E-state index in [1.54, 1.807) is 6.92 Å². The second kappa shape index (κ2) is 8.35. The molecule has 0 atom stereocenters. The number of amides is 1. The Morgan fingerprint density at radius 3 is 2.21 bits per heavy atom. The molecule has 1 saturated heterocycles. The first kappa shape index (κ1) is 21.2. The third-order valence-electron chi connectivity index (χ3n) is 6.56. The fourth-order valence-corrected chi connectivity index (χ4v) is 4.78. The molecule has 1 aliphatic heterocycles. The number of nitrogens with zero attached hydrogens (tertiary/aromatic N) is 4. The number of H-pyrrole nitrogens is 1. The number of hydrogen-bond acceptors (Lipinski definition) is 4. The SMILES string of the molecule is CC(=O)N1CCN(c2ccc(-c3ccc4c(C)c(-c5cc(C)nc(C)c5)[nH]c4c3)cn2)CC1. The molecule has 3 aromatic heterocycles. The minimum Gasteiger partial charge on any atom is -0.354 e. The van der Waals surface area contributed by atoms with Crippen molar-refractivity contribution in [2.45, 2.75) is 27.7 Å². The third kappa shape index (κ3) is 4.09. The van der Waals surface area contributed by atoms with Crippen molar-refractivity contribution in [2.24, 2.45) is 0 Å². The van der Waals surface area contributed by atoms with E-state index in [4.69, 9.17) is 4.98 Å². The van der Waals surface area contributed by atoms with Crippen LogP contribution in [0.15, 0.2) is 48.7 Å². The van der Waals surface area contributed by atoms with Crippen LogP contribution in [0, 0.1) is 20.8 Å². The molecule has 1 amide bonds. The van der Waals surface area contributed by atoms with Crippen LogP contribution >= 0.6 is 0 Å². The molecule has 4 aromatic rings. The molecule has 6 heteroatoms. The lowest BCUT2D eigenvalue weighted by Crippen LogP contribution is -2.48. The highest BCUT2D eigenvalue weighted by Crippen LogP contribution is 2.33. The van der Waals surface area contributed by atoms with Crippen LogP contribution in [0.1, 0.15) is 23.9 Å². The number of hydrogen-bond donors (Lipinski definition) is 1. The first-order valence-electron chi connectivity index (χ1n) is 11.4. The summed E-state index contributed by atoms with van der Waals surface area (Å²) in [6.07, 6.45) is 1.94. The fraction of sp³-hybridized carbons (Fsp3) is 0.296. The van der Waals surface area contributed by atoms with E-state index in [-0.39, 0.29) is 5.91 Å². The zero-order chi connectivity index (χ0) is 23.1. The lowest BCUT2D eigenvalue weighted by atomic mass is 10.0. The molecule has 0 saturated carbocycles. The van der Waals surface area contributed by atoms with Gasteiger partial charge in [-0.05, 0) is 62.2 Å². The molecule has 0 bridgehead atoms. The van der Waals surface area contributed by atoms with E-state index >= 15 is 0 Å². The zero-order valence-corrected chi connectivity index (χ0v) is 19.6. The van der Waals surface area contributed by atoms with E-state index < -0.39 is 0 Å². The van der Waals surface area contributed by atoms with Gasteiger partial charge in [0, 0.05) is 78.4 Å². The molecule has 6 nitrogen and oxygen atoms in total. The fourth-order valence-electron chi connectivity index (χ4n) is 4.78. The predicted molar refractivity (Wildman–Crippen MR) is 133 cm³/mol. The van der Waals surface area contributed by atoms with E-state index in [2.05, 4.69) is 64.3 Å². The minimum atomic E-state index is 0.144. The van der Waals surface area contributed by atoms with Gasteiger partial charge in [-0.2, -0.15) is 0 Å². The van der Waals surface area contributed by atoms with Crippen LogP contribution in [0.5, 0.6) is 0 Å². The predicted octanol–water partition coefficient (Wildman–Crippen LogP) is 4.89. The Labute approximate surface area is 194 Å². The third-order valence-corrected chi connectivity index (χ3v) is 6.56. The van der Waals surface area contributed by atoms with Crippen molar-refractivity contribution in [3.63, 3.8) is 0 Å². The van der Waals surface area contributed by atoms with Crippen LogP contribution in [0.2, 0.25) is 0 Å². The number of carbonyl (C=O) groups excluding carboxylic acids is 1. The Morgan fingerprint density at radius 2 is 1.58 bits per heavy atom. The van der Waals surface area contributed by atoms with Gasteiger partial charge in [0.25, 0.3) is 0 Å². The lowest BCUT2D eigenvalue weighted by Gasteiger charge is -2.34. The summed E-state index contributed by atoms with van der Waals surface area (Å²) in [5.41, 5.74) is 8.97. The number of pyridine rings is 2. The van der Waals surface area contributed by atoms with Crippen LogP contribution in [-0.4, -0.2) is 51.9 Å². The Morgan fingerprint density at radius 1 is 0.879 bits per heavy atom. The zero-order valence-electron chi connectivity index (χ0n) is 19.6. The van der Waals surface area contributed by atoms with Gasteiger partial charge in [0.15, 0.2) is 0 Å². The van der Waals surface area contributed by atoms with Gasteiger partial charge in [0.05, 0.1) is 0 Å². The average Bonchev–Trinajstić information content (AvgIpc) is 3.14. The molecule has 0 radical (unpaired) electrons. The molecule has 0 unspecified atom stereocenters. The van der Waals surface area contributed by atoms with Gasteiger partial charge in [-0.3, -0.25) is 9.78 Å². The Kier molecular flexibility index (Phi) is 5.36. The van der Waals surface area contributed by atoms with Crippen LogP contribution in [-0.2, 0) is 4.79 Å². The van der Waals surface area contributed by atoms with Crippen molar-refractivity contribution in [3.05, 3.63) is 65.6 Å². The van der Waals surface area contributed by atoms with E-state index in [9.17, 15) is 4.79 Å². The molecule has 5 rings (SSSR count). The number of rotatable bonds is 3. The maximum Gasteiger partial charge on any atom is 0.219 e. The molecule has 1 N–H and O–H groups in total. The maximum atomic E-state index is 11.6. The summed E-state index contributed by atoms with van der Waals surface area (Å²) in [6, 6.07) is 15.0. The Hall–Kier alpha value is -3.67. The van der Waals surface area contributed by atoms with Crippen LogP contribution in [0.4, 0.5) is 5.82 Å². The van der Waals surface area contributed by atoms with Crippen molar-refractivity contribution >= 4 is 22.6 Å². The number of aromatic nitrogens is 3. The maximum absolute atomic E-state index is 11.6. The van der Waals surface area contributed by atoms with Gasteiger partial charge >= 0.3 is 0 Å². The summed E-state index contributed by atoms with van der Waals surface area (Å²) in [5.74, 6) is 1.11. The molecule has 4 heterocycles. The Balaban J connectivity index is 1.41. The van der Waals surface area contributed by atoms with Gasteiger partial charge in [-0.25, -0.2) is 4.98 Å². The standard InChI is InChI=1S/C27H29N5O/c1-17-13-23(14-18(2)29-17)27-19(3)24-7-5-21(15-25(24)30-27)22-6-8-26(28-16-22)32-11-9-31(10-12-32)20(4)33/h5-8,13-16,30H,9-12H2,1-4H3. The molecule has 0 aliphatic carbocycles. The second-order valence-corrected chi connectivity index (χ2v) is 8.92. The summed E-state index contributed by atoms with van der Waals surface area (Å²) in [5, 5.41) is 1.23. The monoisotopic (exact) mass is 439 g/mol. The molecule has 1 aromatic carbocycles. The summed E-state index contributed by atoms with van der Waals surface area (Å²) in [6.45, 7) is 11.0. The highest BCUT2D eigenvalue weighted by molar-refractivity contribution is 5.93. The van der Waals surface area contributed by atoms with Crippen molar-refractivity contribution < 1.29 is 4.79 Å². The first-order valence-corrected chi connectivity index (χ1v) is 11.4. The second-order valence-electron chi connectivity index (χ2n) is 8.92. The quantitative estimate of drug-likeness (QED) is 0.494. The first-order chi connectivity index (χ1) is 15.9. The number of fused-ring (bicyclic) bond motifs is 1. The molecule has 168 valence electrons. The number of carbonyl (C=O) groups is 1. The van der Waals surface area contributed by atoms with Gasteiger partial charge in [-0.1, -0.05) is 12.1 Å². The lowest BCUT2D eigenvalue weighted by molar-refractivity contribution is -0.129. The Bertz CT molecular complexity index is 1310. The normalized spacial score (nSPS) is 14.2. The van der Waals surface area contributed by atoms with Crippen LogP contribution < -0.4 is 4.90 Å². The molecule has 1 fully saturated rings.